The highest BCUT2D eigenvalue weighted by atomic mass is 19.4. The monoisotopic (exact) mass is 198 g/mol. The zero-order chi connectivity index (χ0) is 10.2. The molecule has 0 fully saturated rings. The van der Waals surface area contributed by atoms with Crippen LogP contribution in [0.5, 0.6) is 0 Å². The molecule has 80 valence electrons. The summed E-state index contributed by atoms with van der Waals surface area (Å²) in [6.07, 6.45) is -4.32. The molecule has 0 N–H and O–H groups in total. The predicted molar refractivity (Wildman–Crippen MR) is 50.9 cm³/mol. The van der Waals surface area contributed by atoms with Crippen molar-refractivity contribution in [3.8, 4) is 0 Å². The van der Waals surface area contributed by atoms with Gasteiger partial charge in [0.1, 0.15) is 0 Å². The SMILES string of the molecule is B.CC(C)(C)OC(C)(C)C(F)(F)F. The van der Waals surface area contributed by atoms with Crippen molar-refractivity contribution in [3.63, 3.8) is 0 Å². The highest BCUT2D eigenvalue weighted by Crippen LogP contribution is 2.35. The Kier molecular flexibility index (Phi) is 4.59. The zero-order valence-electron chi connectivity index (χ0n) is 8.04. The fourth-order valence-corrected chi connectivity index (χ4v) is 0.823. The highest BCUT2D eigenvalue weighted by molar-refractivity contribution is 5.75. The van der Waals surface area contributed by atoms with Gasteiger partial charge in [-0.3, -0.25) is 0 Å². The van der Waals surface area contributed by atoms with Gasteiger partial charge in [-0.1, -0.05) is 0 Å². The van der Waals surface area contributed by atoms with E-state index >= 15 is 0 Å². The van der Waals surface area contributed by atoms with Crippen LogP contribution in [0.4, 0.5) is 13.2 Å². The van der Waals surface area contributed by atoms with Crippen LogP contribution in [0.25, 0.3) is 0 Å². The second kappa shape index (κ2) is 3.90. The summed E-state index contributed by atoms with van der Waals surface area (Å²) in [7, 11) is 0. The molecular formula is C8H18BF3O. The number of alkyl halides is 3. The van der Waals surface area contributed by atoms with Gasteiger partial charge in [0, 0.05) is 0 Å². The lowest BCUT2D eigenvalue weighted by Gasteiger charge is -2.35. The van der Waals surface area contributed by atoms with Crippen molar-refractivity contribution in [1.82, 2.24) is 0 Å². The normalized spacial score (nSPS) is 13.8. The van der Waals surface area contributed by atoms with Gasteiger partial charge in [0.25, 0.3) is 0 Å². The molecule has 0 aliphatic rings. The first-order valence-electron chi connectivity index (χ1n) is 3.73. The Morgan fingerprint density at radius 2 is 1.15 bits per heavy atom. The molecule has 13 heavy (non-hydrogen) atoms. The Labute approximate surface area is 79.2 Å². The molecule has 0 aliphatic heterocycles. The Hall–Kier alpha value is -0.185. The molecule has 0 heterocycles. The van der Waals surface area contributed by atoms with E-state index in [0.29, 0.717) is 0 Å². The third-order valence-corrected chi connectivity index (χ3v) is 1.24. The average Bonchev–Trinajstić information content (AvgIpc) is 1.52. The van der Waals surface area contributed by atoms with Gasteiger partial charge >= 0.3 is 6.18 Å². The maximum atomic E-state index is 12.2. The van der Waals surface area contributed by atoms with Crippen LogP contribution >= 0.6 is 0 Å². The van der Waals surface area contributed by atoms with Crippen molar-refractivity contribution in [2.75, 3.05) is 0 Å². The molecule has 0 spiro atoms. The van der Waals surface area contributed by atoms with Crippen LogP contribution in [0.15, 0.2) is 0 Å². The minimum absolute atomic E-state index is 0. The number of hydrogen-bond acceptors (Lipinski definition) is 1. The maximum Gasteiger partial charge on any atom is 0.416 e. The van der Waals surface area contributed by atoms with E-state index in [-0.39, 0.29) is 8.41 Å². The van der Waals surface area contributed by atoms with Crippen LogP contribution in [0.2, 0.25) is 0 Å². The number of ether oxygens (including phenoxy) is 1. The second-order valence-corrected chi connectivity index (χ2v) is 4.22. The van der Waals surface area contributed by atoms with Gasteiger partial charge in [-0.25, -0.2) is 0 Å². The standard InChI is InChI=1S/C8H15F3O.BH3/c1-6(2,3)12-7(4,5)8(9,10)11;/h1-5H3;1H3. The number of hydrogen-bond donors (Lipinski definition) is 0. The first kappa shape index (κ1) is 15.3. The van der Waals surface area contributed by atoms with Gasteiger partial charge in [0.05, 0.1) is 14.0 Å². The van der Waals surface area contributed by atoms with Gasteiger partial charge in [-0.2, -0.15) is 13.2 Å². The molecule has 0 aromatic heterocycles. The van der Waals surface area contributed by atoms with Gasteiger partial charge in [-0.15, -0.1) is 0 Å². The topological polar surface area (TPSA) is 9.23 Å². The molecule has 1 nitrogen and oxygen atoms in total. The van der Waals surface area contributed by atoms with Crippen molar-refractivity contribution in [2.45, 2.75) is 52.0 Å². The quantitative estimate of drug-likeness (QED) is 0.585. The van der Waals surface area contributed by atoms with Crippen LogP contribution in [0.1, 0.15) is 34.6 Å². The summed E-state index contributed by atoms with van der Waals surface area (Å²) in [6.45, 7) is 6.85. The van der Waals surface area contributed by atoms with E-state index in [0.717, 1.165) is 13.8 Å². The fraction of sp³-hybridized carbons (Fsp3) is 1.00. The third kappa shape index (κ3) is 5.19. The van der Waals surface area contributed by atoms with E-state index in [1.807, 2.05) is 0 Å². The highest BCUT2D eigenvalue weighted by Gasteiger charge is 2.50. The zero-order valence-corrected chi connectivity index (χ0v) is 8.04. The van der Waals surface area contributed by atoms with E-state index in [1.165, 1.54) is 0 Å². The largest absolute Gasteiger partial charge is 0.416 e. The van der Waals surface area contributed by atoms with Crippen LogP contribution < -0.4 is 0 Å². The molecular weight excluding hydrogens is 180 g/mol. The molecule has 0 atom stereocenters. The minimum Gasteiger partial charge on any atom is -0.361 e. The molecule has 0 aliphatic carbocycles. The lowest BCUT2D eigenvalue weighted by molar-refractivity contribution is -0.289. The van der Waals surface area contributed by atoms with Crippen LogP contribution in [-0.4, -0.2) is 25.8 Å². The summed E-state index contributed by atoms with van der Waals surface area (Å²) in [5, 5.41) is 0. The predicted octanol–water partition coefficient (Wildman–Crippen LogP) is 1.96. The van der Waals surface area contributed by atoms with Crippen molar-refractivity contribution in [2.24, 2.45) is 0 Å². The smallest absolute Gasteiger partial charge is 0.361 e. The number of rotatable bonds is 1. The molecule has 0 aromatic carbocycles. The summed E-state index contributed by atoms with van der Waals surface area (Å²) < 4.78 is 41.6. The molecule has 0 radical (unpaired) electrons. The van der Waals surface area contributed by atoms with E-state index < -0.39 is 17.4 Å². The van der Waals surface area contributed by atoms with Gasteiger partial charge in [0.15, 0.2) is 5.60 Å². The minimum atomic E-state index is -4.32. The van der Waals surface area contributed by atoms with Crippen molar-refractivity contribution < 1.29 is 17.9 Å². The van der Waals surface area contributed by atoms with Crippen LogP contribution in [0, 0.1) is 0 Å². The molecule has 5 heteroatoms. The summed E-state index contributed by atoms with van der Waals surface area (Å²) in [6, 6.07) is 0. The Morgan fingerprint density at radius 3 is 1.23 bits per heavy atom. The van der Waals surface area contributed by atoms with Crippen LogP contribution in [-0.2, 0) is 4.74 Å². The first-order valence-corrected chi connectivity index (χ1v) is 3.73. The average molecular weight is 198 g/mol. The number of halogens is 3. The maximum absolute atomic E-state index is 12.2. The second-order valence-electron chi connectivity index (χ2n) is 4.22. The molecule has 0 bridgehead atoms. The Bertz CT molecular complexity index is 158. The summed E-state index contributed by atoms with van der Waals surface area (Å²) in [4.78, 5) is 0. The molecule has 0 saturated carbocycles. The first-order chi connectivity index (χ1) is 4.96. The fourth-order valence-electron chi connectivity index (χ4n) is 0.823. The van der Waals surface area contributed by atoms with Crippen molar-refractivity contribution in [3.05, 3.63) is 0 Å². The summed E-state index contributed by atoms with van der Waals surface area (Å²) in [5.41, 5.74) is -2.86. The lowest BCUT2D eigenvalue weighted by atomic mass is 10.1. The van der Waals surface area contributed by atoms with Crippen LogP contribution in [0.3, 0.4) is 0 Å². The van der Waals surface area contributed by atoms with E-state index in [9.17, 15) is 13.2 Å². The van der Waals surface area contributed by atoms with E-state index in [4.69, 9.17) is 4.74 Å². The summed E-state index contributed by atoms with van der Waals surface area (Å²) in [5.74, 6) is 0. The molecule has 0 amide bonds. The van der Waals surface area contributed by atoms with Crippen molar-refractivity contribution in [1.29, 1.82) is 0 Å². The van der Waals surface area contributed by atoms with Gasteiger partial charge in [-0.05, 0) is 34.6 Å². The molecule has 0 aromatic rings. The van der Waals surface area contributed by atoms with Gasteiger partial charge < -0.3 is 4.74 Å². The molecule has 0 saturated heterocycles. The van der Waals surface area contributed by atoms with E-state index in [2.05, 4.69) is 0 Å². The Morgan fingerprint density at radius 1 is 0.846 bits per heavy atom. The lowest BCUT2D eigenvalue weighted by Crippen LogP contribution is -2.46. The molecule has 0 unspecified atom stereocenters. The van der Waals surface area contributed by atoms with Gasteiger partial charge in [0.2, 0.25) is 0 Å². The Balaban J connectivity index is 0. The van der Waals surface area contributed by atoms with E-state index in [1.54, 1.807) is 20.8 Å². The molecule has 0 rings (SSSR count). The van der Waals surface area contributed by atoms with Crippen molar-refractivity contribution >= 4 is 8.41 Å². The summed E-state index contributed by atoms with van der Waals surface area (Å²) >= 11 is 0. The third-order valence-electron chi connectivity index (χ3n) is 1.24.